The summed E-state index contributed by atoms with van der Waals surface area (Å²) >= 11 is 0. The molecule has 1 aliphatic heterocycles. The Morgan fingerprint density at radius 2 is 2.46 bits per heavy atom. The lowest BCUT2D eigenvalue weighted by Gasteiger charge is -2.28. The molecule has 1 saturated heterocycles. The molecule has 5 heteroatoms. The molecule has 0 radical (unpaired) electrons. The molecule has 1 rings (SSSR count). The van der Waals surface area contributed by atoms with E-state index in [0.717, 1.165) is 19.4 Å². The number of esters is 1. The quantitative estimate of drug-likeness (QED) is 0.351. The van der Waals surface area contributed by atoms with E-state index in [9.17, 15) is 9.59 Å². The largest absolute Gasteiger partial charge is 0.461 e. The van der Waals surface area contributed by atoms with Crippen molar-refractivity contribution >= 4 is 12.0 Å². The maximum Gasteiger partial charge on any atom is 0.302 e. The van der Waals surface area contributed by atoms with E-state index in [1.54, 1.807) is 5.01 Å². The summed E-state index contributed by atoms with van der Waals surface area (Å²) in [6, 6.07) is 0. The molecule has 0 aromatic heterocycles. The monoisotopic (exact) mass is 184 g/mol. The van der Waals surface area contributed by atoms with Crippen LogP contribution in [0.5, 0.6) is 0 Å². The predicted octanol–water partition coefficient (Wildman–Crippen LogP) is 0.265. The molecule has 0 aromatic carbocycles. The Kier molecular flexibility index (Phi) is 3.46. The molecule has 0 N–H and O–H groups in total. The lowest BCUT2D eigenvalue weighted by Crippen LogP contribution is -2.37. The number of rotatable bonds is 2. The van der Waals surface area contributed by atoms with Gasteiger partial charge in [0, 0.05) is 13.5 Å². The van der Waals surface area contributed by atoms with E-state index in [1.165, 1.54) is 13.0 Å². The van der Waals surface area contributed by atoms with Gasteiger partial charge in [-0.05, 0) is 12.8 Å². The SMILES string of the molecule is CC(=O)OC1CCCN(N=C=O)C1. The summed E-state index contributed by atoms with van der Waals surface area (Å²) in [5, 5.41) is 5.05. The van der Waals surface area contributed by atoms with Crippen molar-refractivity contribution in [3.63, 3.8) is 0 Å². The fraction of sp³-hybridized carbons (Fsp3) is 0.750. The van der Waals surface area contributed by atoms with Crippen molar-refractivity contribution < 1.29 is 14.3 Å². The van der Waals surface area contributed by atoms with Crippen molar-refractivity contribution in [1.82, 2.24) is 5.01 Å². The third-order valence-electron chi connectivity index (χ3n) is 1.87. The first-order valence-corrected chi connectivity index (χ1v) is 4.22. The van der Waals surface area contributed by atoms with E-state index < -0.39 is 0 Å². The Labute approximate surface area is 76.3 Å². The van der Waals surface area contributed by atoms with E-state index in [0.29, 0.717) is 6.54 Å². The number of ether oxygens (including phenoxy) is 1. The zero-order valence-corrected chi connectivity index (χ0v) is 7.52. The number of isocyanates is 1. The highest BCUT2D eigenvalue weighted by Gasteiger charge is 2.20. The minimum atomic E-state index is -0.290. The minimum absolute atomic E-state index is 0.136. The number of piperidine rings is 1. The van der Waals surface area contributed by atoms with E-state index in [4.69, 9.17) is 4.74 Å². The molecule has 1 fully saturated rings. The summed E-state index contributed by atoms with van der Waals surface area (Å²) in [7, 11) is 0. The Balaban J connectivity index is 2.41. The molecule has 0 spiro atoms. The van der Waals surface area contributed by atoms with Crippen LogP contribution in [0.15, 0.2) is 5.10 Å². The number of carbonyl (C=O) groups is 1. The number of hydrogen-bond acceptors (Lipinski definition) is 5. The van der Waals surface area contributed by atoms with Crippen LogP contribution in [0.2, 0.25) is 0 Å². The number of carbonyl (C=O) groups excluding carboxylic acids is 2. The van der Waals surface area contributed by atoms with Gasteiger partial charge in [0.25, 0.3) is 6.08 Å². The maximum absolute atomic E-state index is 10.6. The van der Waals surface area contributed by atoms with Crippen LogP contribution in [-0.2, 0) is 14.3 Å². The second-order valence-corrected chi connectivity index (χ2v) is 2.98. The van der Waals surface area contributed by atoms with Gasteiger partial charge in [-0.3, -0.25) is 9.80 Å². The van der Waals surface area contributed by atoms with Gasteiger partial charge in [0.1, 0.15) is 6.10 Å². The molecule has 13 heavy (non-hydrogen) atoms. The first-order chi connectivity index (χ1) is 6.22. The average Bonchev–Trinajstić information content (AvgIpc) is 2.04. The summed E-state index contributed by atoms with van der Waals surface area (Å²) in [5.41, 5.74) is 0. The Morgan fingerprint density at radius 3 is 3.08 bits per heavy atom. The molecule has 1 heterocycles. The minimum Gasteiger partial charge on any atom is -0.461 e. The highest BCUT2D eigenvalue weighted by atomic mass is 16.5. The lowest BCUT2D eigenvalue weighted by molar-refractivity contribution is -0.148. The second kappa shape index (κ2) is 4.62. The van der Waals surface area contributed by atoms with E-state index in [-0.39, 0.29) is 12.1 Å². The fourth-order valence-electron chi connectivity index (χ4n) is 1.40. The summed E-state index contributed by atoms with van der Waals surface area (Å²) in [5.74, 6) is -0.290. The van der Waals surface area contributed by atoms with Crippen LogP contribution in [0.3, 0.4) is 0 Å². The topological polar surface area (TPSA) is 59.0 Å². The first-order valence-electron chi connectivity index (χ1n) is 4.22. The van der Waals surface area contributed by atoms with Gasteiger partial charge < -0.3 is 4.74 Å². The van der Waals surface area contributed by atoms with Crippen molar-refractivity contribution in [2.24, 2.45) is 5.10 Å². The number of hydrogen-bond donors (Lipinski definition) is 0. The van der Waals surface area contributed by atoms with Gasteiger partial charge in [0.2, 0.25) is 0 Å². The molecule has 1 unspecified atom stereocenters. The van der Waals surface area contributed by atoms with Crippen LogP contribution in [0.4, 0.5) is 0 Å². The molecule has 0 aliphatic carbocycles. The molecule has 1 aliphatic rings. The van der Waals surface area contributed by atoms with Crippen molar-refractivity contribution in [3.05, 3.63) is 0 Å². The Bertz CT molecular complexity index is 236. The standard InChI is InChI=1S/C8H12N2O3/c1-7(12)13-8-3-2-4-10(5-8)9-6-11/h8H,2-5H2,1H3. The zero-order chi connectivity index (χ0) is 9.68. The van der Waals surface area contributed by atoms with Gasteiger partial charge in [0.05, 0.1) is 6.54 Å². The van der Waals surface area contributed by atoms with Gasteiger partial charge in [-0.15, -0.1) is 0 Å². The number of hydrazone groups is 1. The van der Waals surface area contributed by atoms with E-state index in [2.05, 4.69) is 5.10 Å². The third-order valence-corrected chi connectivity index (χ3v) is 1.87. The van der Waals surface area contributed by atoms with Crippen LogP contribution in [0.25, 0.3) is 0 Å². The van der Waals surface area contributed by atoms with Crippen LogP contribution < -0.4 is 0 Å². The average molecular weight is 184 g/mol. The smallest absolute Gasteiger partial charge is 0.302 e. The summed E-state index contributed by atoms with van der Waals surface area (Å²) in [6.07, 6.45) is 3.05. The van der Waals surface area contributed by atoms with Crippen molar-refractivity contribution in [2.75, 3.05) is 13.1 Å². The highest BCUT2D eigenvalue weighted by Crippen LogP contribution is 2.12. The second-order valence-electron chi connectivity index (χ2n) is 2.98. The van der Waals surface area contributed by atoms with Gasteiger partial charge in [-0.25, -0.2) is 4.79 Å². The van der Waals surface area contributed by atoms with Crippen molar-refractivity contribution in [1.29, 1.82) is 0 Å². The Morgan fingerprint density at radius 1 is 1.69 bits per heavy atom. The molecule has 0 aromatic rings. The summed E-state index contributed by atoms with van der Waals surface area (Å²) < 4.78 is 5.00. The molecule has 0 amide bonds. The van der Waals surface area contributed by atoms with E-state index >= 15 is 0 Å². The maximum atomic E-state index is 10.6. The fourth-order valence-corrected chi connectivity index (χ4v) is 1.40. The summed E-state index contributed by atoms with van der Waals surface area (Å²) in [6.45, 7) is 2.60. The molecule has 0 bridgehead atoms. The van der Waals surface area contributed by atoms with Crippen molar-refractivity contribution in [3.8, 4) is 0 Å². The molecule has 5 nitrogen and oxygen atoms in total. The number of nitrogens with zero attached hydrogens (tertiary/aromatic N) is 2. The van der Waals surface area contributed by atoms with Crippen molar-refractivity contribution in [2.45, 2.75) is 25.9 Å². The molecule has 72 valence electrons. The summed E-state index contributed by atoms with van der Waals surface area (Å²) in [4.78, 5) is 20.6. The predicted molar refractivity (Wildman–Crippen MR) is 44.5 cm³/mol. The van der Waals surface area contributed by atoms with Crippen LogP contribution in [-0.4, -0.2) is 36.3 Å². The first kappa shape index (κ1) is 9.74. The van der Waals surface area contributed by atoms with Gasteiger partial charge in [-0.2, -0.15) is 0 Å². The lowest BCUT2D eigenvalue weighted by atomic mass is 10.1. The third kappa shape index (κ3) is 3.25. The van der Waals surface area contributed by atoms with Gasteiger partial charge in [-0.1, -0.05) is 5.10 Å². The van der Waals surface area contributed by atoms with Gasteiger partial charge >= 0.3 is 5.97 Å². The molecule has 1 atom stereocenters. The van der Waals surface area contributed by atoms with Crippen LogP contribution in [0.1, 0.15) is 19.8 Å². The molecular formula is C8H12N2O3. The normalized spacial score (nSPS) is 21.9. The van der Waals surface area contributed by atoms with E-state index in [1.807, 2.05) is 0 Å². The molecule has 0 saturated carbocycles. The Hall–Kier alpha value is -1.35. The van der Waals surface area contributed by atoms with Crippen LogP contribution in [0, 0.1) is 0 Å². The highest BCUT2D eigenvalue weighted by molar-refractivity contribution is 5.66. The van der Waals surface area contributed by atoms with Gasteiger partial charge in [0.15, 0.2) is 0 Å². The zero-order valence-electron chi connectivity index (χ0n) is 7.52. The van der Waals surface area contributed by atoms with Crippen LogP contribution >= 0.6 is 0 Å². The molecular weight excluding hydrogens is 172 g/mol.